The molecule has 1 aliphatic heterocycles. The highest BCUT2D eigenvalue weighted by molar-refractivity contribution is 5.93. The highest BCUT2D eigenvalue weighted by Gasteiger charge is 2.24. The van der Waals surface area contributed by atoms with Gasteiger partial charge in [0, 0.05) is 13.1 Å². The number of aromatic nitrogens is 2. The quantitative estimate of drug-likeness (QED) is 0.719. The van der Waals surface area contributed by atoms with E-state index in [0.29, 0.717) is 5.95 Å². The number of fused-ring (bicyclic) bond motifs is 1. The first-order chi connectivity index (χ1) is 12.8. The maximum Gasteiger partial charge on any atom is 0.231 e. The van der Waals surface area contributed by atoms with E-state index in [4.69, 9.17) is 0 Å². The summed E-state index contributed by atoms with van der Waals surface area (Å²) in [6.07, 6.45) is 2.89. The van der Waals surface area contributed by atoms with E-state index in [-0.39, 0.29) is 11.8 Å². The molecule has 0 spiro atoms. The summed E-state index contributed by atoms with van der Waals surface area (Å²) in [6.45, 7) is 2.49. The van der Waals surface area contributed by atoms with Crippen LogP contribution in [0.4, 0.5) is 5.95 Å². The molecule has 0 saturated carbocycles. The standard InChI is InChI=1S/C21H24N4O/c26-20(17-12-13-22-15-17)24-21-23-18-10-4-5-11-19(18)25(21)14-6-9-16-7-2-1-3-8-16/h1-5,7-8,10-11,17,22H,6,9,12-15H2,(H,23,24,26). The molecule has 4 rings (SSSR count). The van der Waals surface area contributed by atoms with Gasteiger partial charge in [0.2, 0.25) is 11.9 Å². The summed E-state index contributed by atoms with van der Waals surface area (Å²) >= 11 is 0. The molecule has 2 heterocycles. The first-order valence-electron chi connectivity index (χ1n) is 9.32. The fraction of sp³-hybridized carbons (Fsp3) is 0.333. The molecular weight excluding hydrogens is 324 g/mol. The molecule has 1 saturated heterocycles. The van der Waals surface area contributed by atoms with Crippen molar-refractivity contribution in [1.82, 2.24) is 14.9 Å². The number of hydrogen-bond acceptors (Lipinski definition) is 3. The third kappa shape index (κ3) is 3.63. The Morgan fingerprint density at radius 2 is 1.96 bits per heavy atom. The minimum absolute atomic E-state index is 0.0348. The van der Waals surface area contributed by atoms with Crippen LogP contribution < -0.4 is 10.6 Å². The Balaban J connectivity index is 1.52. The van der Waals surface area contributed by atoms with Crippen molar-refractivity contribution in [2.75, 3.05) is 18.4 Å². The summed E-state index contributed by atoms with van der Waals surface area (Å²) in [6, 6.07) is 18.6. The van der Waals surface area contributed by atoms with Crippen molar-refractivity contribution in [1.29, 1.82) is 0 Å². The second kappa shape index (κ2) is 7.70. The second-order valence-corrected chi connectivity index (χ2v) is 6.84. The van der Waals surface area contributed by atoms with E-state index in [9.17, 15) is 4.79 Å². The van der Waals surface area contributed by atoms with Crippen molar-refractivity contribution in [2.45, 2.75) is 25.8 Å². The molecule has 2 N–H and O–H groups in total. The maximum atomic E-state index is 12.5. The summed E-state index contributed by atoms with van der Waals surface area (Å²) in [7, 11) is 0. The Bertz CT molecular complexity index is 881. The average Bonchev–Trinajstić information content (AvgIpc) is 3.31. The molecule has 0 aliphatic carbocycles. The zero-order chi connectivity index (χ0) is 17.8. The van der Waals surface area contributed by atoms with Gasteiger partial charge >= 0.3 is 0 Å². The van der Waals surface area contributed by atoms with Crippen molar-refractivity contribution in [2.24, 2.45) is 5.92 Å². The van der Waals surface area contributed by atoms with E-state index in [1.54, 1.807) is 0 Å². The van der Waals surface area contributed by atoms with E-state index in [0.717, 1.165) is 49.9 Å². The van der Waals surface area contributed by atoms with Crippen LogP contribution in [0.25, 0.3) is 11.0 Å². The van der Waals surface area contributed by atoms with Crippen LogP contribution in [0, 0.1) is 5.92 Å². The summed E-state index contributed by atoms with van der Waals surface area (Å²) in [5, 5.41) is 6.31. The van der Waals surface area contributed by atoms with E-state index < -0.39 is 0 Å². The fourth-order valence-corrected chi connectivity index (χ4v) is 3.57. The van der Waals surface area contributed by atoms with Crippen molar-refractivity contribution in [3.05, 3.63) is 60.2 Å². The number of benzene rings is 2. The maximum absolute atomic E-state index is 12.5. The van der Waals surface area contributed by atoms with Gasteiger partial charge in [-0.3, -0.25) is 10.1 Å². The summed E-state index contributed by atoms with van der Waals surface area (Å²) in [5.74, 6) is 0.762. The van der Waals surface area contributed by atoms with E-state index in [1.807, 2.05) is 24.3 Å². The minimum atomic E-state index is 0.0348. The molecule has 0 radical (unpaired) electrons. The lowest BCUT2D eigenvalue weighted by Gasteiger charge is -2.12. The zero-order valence-corrected chi connectivity index (χ0v) is 14.8. The Labute approximate surface area is 153 Å². The van der Waals surface area contributed by atoms with Crippen LogP contribution in [0.1, 0.15) is 18.4 Å². The number of nitrogens with zero attached hydrogens (tertiary/aromatic N) is 2. The van der Waals surface area contributed by atoms with Crippen molar-refractivity contribution < 1.29 is 4.79 Å². The van der Waals surface area contributed by atoms with Gasteiger partial charge in [0.1, 0.15) is 0 Å². The molecule has 26 heavy (non-hydrogen) atoms. The Morgan fingerprint density at radius 3 is 2.77 bits per heavy atom. The summed E-state index contributed by atoms with van der Waals surface area (Å²) in [4.78, 5) is 17.2. The van der Waals surface area contributed by atoms with Gasteiger partial charge in [0.25, 0.3) is 0 Å². The van der Waals surface area contributed by atoms with Gasteiger partial charge in [-0.25, -0.2) is 4.98 Å². The fourth-order valence-electron chi connectivity index (χ4n) is 3.57. The number of hydrogen-bond donors (Lipinski definition) is 2. The summed E-state index contributed by atoms with van der Waals surface area (Å²) in [5.41, 5.74) is 3.33. The number of aryl methyl sites for hydroxylation is 2. The number of carbonyl (C=O) groups is 1. The topological polar surface area (TPSA) is 59.0 Å². The van der Waals surface area contributed by atoms with Crippen LogP contribution in [0.3, 0.4) is 0 Å². The van der Waals surface area contributed by atoms with E-state index in [1.165, 1.54) is 5.56 Å². The second-order valence-electron chi connectivity index (χ2n) is 6.84. The van der Waals surface area contributed by atoms with Crippen LogP contribution in [0.5, 0.6) is 0 Å². The molecule has 3 aromatic rings. The predicted octanol–water partition coefficient (Wildman–Crippen LogP) is 3.22. The molecule has 5 heteroatoms. The Kier molecular flexibility index (Phi) is 4.97. The molecule has 1 fully saturated rings. The molecule has 1 atom stereocenters. The van der Waals surface area contributed by atoms with Gasteiger partial charge in [0.15, 0.2) is 0 Å². The molecule has 134 valence electrons. The molecule has 1 aliphatic rings. The SMILES string of the molecule is O=C(Nc1nc2ccccc2n1CCCc1ccccc1)C1CCNC1. The number of nitrogens with one attached hydrogen (secondary N) is 2. The van der Waals surface area contributed by atoms with Crippen LogP contribution in [0.2, 0.25) is 0 Å². The third-order valence-electron chi connectivity index (χ3n) is 5.01. The minimum Gasteiger partial charge on any atom is -0.316 e. The lowest BCUT2D eigenvalue weighted by molar-refractivity contribution is -0.119. The number of carbonyl (C=O) groups excluding carboxylic acids is 1. The molecule has 2 aromatic carbocycles. The number of amides is 1. The van der Waals surface area contributed by atoms with E-state index >= 15 is 0 Å². The highest BCUT2D eigenvalue weighted by Crippen LogP contribution is 2.22. The molecule has 1 unspecified atom stereocenters. The molecule has 1 amide bonds. The monoisotopic (exact) mass is 348 g/mol. The Morgan fingerprint density at radius 1 is 1.15 bits per heavy atom. The molecular formula is C21H24N4O. The molecule has 1 aromatic heterocycles. The van der Waals surface area contributed by atoms with Crippen molar-refractivity contribution in [3.63, 3.8) is 0 Å². The highest BCUT2D eigenvalue weighted by atomic mass is 16.2. The molecule has 0 bridgehead atoms. The number of imidazole rings is 1. The predicted molar refractivity (Wildman–Crippen MR) is 104 cm³/mol. The number of anilines is 1. The van der Waals surface area contributed by atoms with Crippen molar-refractivity contribution >= 4 is 22.9 Å². The number of para-hydroxylation sites is 2. The largest absolute Gasteiger partial charge is 0.316 e. The van der Waals surface area contributed by atoms with Gasteiger partial charge in [-0.1, -0.05) is 42.5 Å². The first kappa shape index (κ1) is 16.8. The Hall–Kier alpha value is -2.66. The van der Waals surface area contributed by atoms with Gasteiger partial charge in [-0.05, 0) is 43.5 Å². The van der Waals surface area contributed by atoms with Gasteiger partial charge < -0.3 is 9.88 Å². The summed E-state index contributed by atoms with van der Waals surface area (Å²) < 4.78 is 2.14. The van der Waals surface area contributed by atoms with E-state index in [2.05, 4.69) is 50.5 Å². The lowest BCUT2D eigenvalue weighted by Crippen LogP contribution is -2.26. The van der Waals surface area contributed by atoms with Crippen LogP contribution in [0.15, 0.2) is 54.6 Å². The average molecular weight is 348 g/mol. The van der Waals surface area contributed by atoms with Crippen LogP contribution in [-0.4, -0.2) is 28.5 Å². The van der Waals surface area contributed by atoms with Crippen LogP contribution >= 0.6 is 0 Å². The number of rotatable bonds is 6. The van der Waals surface area contributed by atoms with Crippen LogP contribution in [-0.2, 0) is 17.8 Å². The van der Waals surface area contributed by atoms with Gasteiger partial charge in [-0.15, -0.1) is 0 Å². The van der Waals surface area contributed by atoms with Gasteiger partial charge in [-0.2, -0.15) is 0 Å². The lowest BCUT2D eigenvalue weighted by atomic mass is 10.1. The van der Waals surface area contributed by atoms with Crippen molar-refractivity contribution in [3.8, 4) is 0 Å². The smallest absolute Gasteiger partial charge is 0.231 e. The first-order valence-corrected chi connectivity index (χ1v) is 9.32. The zero-order valence-electron chi connectivity index (χ0n) is 14.8. The van der Waals surface area contributed by atoms with Gasteiger partial charge in [0.05, 0.1) is 17.0 Å². The normalized spacial score (nSPS) is 16.8. The molecule has 5 nitrogen and oxygen atoms in total. The third-order valence-corrected chi connectivity index (χ3v) is 5.01.